The smallest absolute Gasteiger partial charge is 0.251 e. The molecule has 0 aliphatic heterocycles. The standard InChI is InChI=1S/C10H10FNO2/c11-9-7(10(12)13)2-1-3-8(9)14-6-4-5-6/h1-3,6H,4-5H2,(H2,12,13). The van der Waals surface area contributed by atoms with Crippen LogP contribution in [0.2, 0.25) is 0 Å². The van der Waals surface area contributed by atoms with Gasteiger partial charge in [0.2, 0.25) is 0 Å². The third-order valence-corrected chi connectivity index (χ3v) is 2.05. The summed E-state index contributed by atoms with van der Waals surface area (Å²) in [6, 6.07) is 4.40. The van der Waals surface area contributed by atoms with Crippen molar-refractivity contribution < 1.29 is 13.9 Å². The molecule has 1 saturated carbocycles. The second-order valence-corrected chi connectivity index (χ2v) is 3.30. The number of carbonyl (C=O) groups excluding carboxylic acids is 1. The molecule has 0 spiro atoms. The minimum Gasteiger partial charge on any atom is -0.487 e. The lowest BCUT2D eigenvalue weighted by Crippen LogP contribution is -2.14. The molecular formula is C10H10FNO2. The topological polar surface area (TPSA) is 52.3 Å². The molecule has 3 nitrogen and oxygen atoms in total. The molecule has 1 amide bonds. The highest BCUT2D eigenvalue weighted by Crippen LogP contribution is 2.29. The quantitative estimate of drug-likeness (QED) is 0.793. The van der Waals surface area contributed by atoms with Gasteiger partial charge in [-0.15, -0.1) is 0 Å². The van der Waals surface area contributed by atoms with Crippen molar-refractivity contribution in [2.24, 2.45) is 5.73 Å². The largest absolute Gasteiger partial charge is 0.487 e. The molecule has 4 heteroatoms. The predicted molar refractivity (Wildman–Crippen MR) is 48.6 cm³/mol. The third kappa shape index (κ3) is 1.69. The summed E-state index contributed by atoms with van der Waals surface area (Å²) in [7, 11) is 0. The Morgan fingerprint density at radius 2 is 2.21 bits per heavy atom. The van der Waals surface area contributed by atoms with Crippen molar-refractivity contribution >= 4 is 5.91 Å². The minimum atomic E-state index is -0.774. The number of ether oxygens (including phenoxy) is 1. The Morgan fingerprint density at radius 1 is 1.50 bits per heavy atom. The van der Waals surface area contributed by atoms with Gasteiger partial charge < -0.3 is 10.5 Å². The van der Waals surface area contributed by atoms with Gasteiger partial charge in [-0.1, -0.05) is 6.07 Å². The molecule has 1 aromatic rings. The van der Waals surface area contributed by atoms with Gasteiger partial charge in [0, 0.05) is 0 Å². The van der Waals surface area contributed by atoms with Crippen LogP contribution in [0.1, 0.15) is 23.2 Å². The molecule has 0 aromatic heterocycles. The van der Waals surface area contributed by atoms with E-state index >= 15 is 0 Å². The zero-order valence-electron chi connectivity index (χ0n) is 7.50. The third-order valence-electron chi connectivity index (χ3n) is 2.05. The molecule has 0 unspecified atom stereocenters. The van der Waals surface area contributed by atoms with Crippen LogP contribution in [0.3, 0.4) is 0 Å². The average Bonchev–Trinajstić information content (AvgIpc) is 2.92. The zero-order chi connectivity index (χ0) is 10.1. The number of amides is 1. The van der Waals surface area contributed by atoms with Crippen molar-refractivity contribution in [3.63, 3.8) is 0 Å². The highest BCUT2D eigenvalue weighted by molar-refractivity contribution is 5.93. The summed E-state index contributed by atoms with van der Waals surface area (Å²) in [6.07, 6.45) is 1.99. The number of halogens is 1. The summed E-state index contributed by atoms with van der Waals surface area (Å²) < 4.78 is 18.7. The zero-order valence-corrected chi connectivity index (χ0v) is 7.50. The van der Waals surface area contributed by atoms with Gasteiger partial charge in [-0.2, -0.15) is 0 Å². The fourth-order valence-electron chi connectivity index (χ4n) is 1.16. The van der Waals surface area contributed by atoms with Crippen LogP contribution in [0.15, 0.2) is 18.2 Å². The van der Waals surface area contributed by atoms with Crippen LogP contribution in [-0.2, 0) is 0 Å². The number of nitrogens with two attached hydrogens (primary N) is 1. The summed E-state index contributed by atoms with van der Waals surface area (Å²) in [5.41, 5.74) is 4.87. The average molecular weight is 195 g/mol. The van der Waals surface area contributed by atoms with Crippen LogP contribution in [-0.4, -0.2) is 12.0 Å². The Bertz CT molecular complexity index is 374. The monoisotopic (exact) mass is 195 g/mol. The number of benzene rings is 1. The van der Waals surface area contributed by atoms with E-state index in [2.05, 4.69) is 0 Å². The van der Waals surface area contributed by atoms with Crippen molar-refractivity contribution in [3.8, 4) is 5.75 Å². The molecule has 1 aliphatic rings. The number of rotatable bonds is 3. The molecule has 0 heterocycles. The predicted octanol–water partition coefficient (Wildman–Crippen LogP) is 1.47. The van der Waals surface area contributed by atoms with Gasteiger partial charge in [0.25, 0.3) is 5.91 Å². The first kappa shape index (κ1) is 8.99. The maximum atomic E-state index is 13.5. The van der Waals surface area contributed by atoms with Crippen molar-refractivity contribution in [1.82, 2.24) is 0 Å². The molecule has 1 aliphatic carbocycles. The molecule has 0 bridgehead atoms. The number of hydrogen-bond donors (Lipinski definition) is 1. The van der Waals surface area contributed by atoms with Gasteiger partial charge in [-0.3, -0.25) is 4.79 Å². The van der Waals surface area contributed by atoms with Crippen LogP contribution in [0, 0.1) is 5.82 Å². The number of carbonyl (C=O) groups is 1. The van der Waals surface area contributed by atoms with Gasteiger partial charge in [-0.25, -0.2) is 4.39 Å². The SMILES string of the molecule is NC(=O)c1cccc(OC2CC2)c1F. The molecule has 1 aromatic carbocycles. The van der Waals surface area contributed by atoms with Crippen molar-refractivity contribution in [3.05, 3.63) is 29.6 Å². The second-order valence-electron chi connectivity index (χ2n) is 3.30. The fourth-order valence-corrected chi connectivity index (χ4v) is 1.16. The van der Waals surface area contributed by atoms with Crippen molar-refractivity contribution in [1.29, 1.82) is 0 Å². The maximum Gasteiger partial charge on any atom is 0.251 e. The van der Waals surface area contributed by atoms with E-state index in [1.165, 1.54) is 12.1 Å². The maximum absolute atomic E-state index is 13.5. The van der Waals surface area contributed by atoms with E-state index in [4.69, 9.17) is 10.5 Å². The first-order valence-corrected chi connectivity index (χ1v) is 4.43. The van der Waals surface area contributed by atoms with Crippen molar-refractivity contribution in [2.75, 3.05) is 0 Å². The highest BCUT2D eigenvalue weighted by atomic mass is 19.1. The Labute approximate surface area is 80.7 Å². The van der Waals surface area contributed by atoms with E-state index in [1.54, 1.807) is 6.07 Å². The van der Waals surface area contributed by atoms with Gasteiger partial charge in [0.15, 0.2) is 11.6 Å². The Hall–Kier alpha value is -1.58. The van der Waals surface area contributed by atoms with E-state index in [9.17, 15) is 9.18 Å². The molecular weight excluding hydrogens is 185 g/mol. The summed E-state index contributed by atoms with van der Waals surface area (Å²) in [5, 5.41) is 0. The molecule has 0 atom stereocenters. The summed E-state index contributed by atoms with van der Waals surface area (Å²) in [4.78, 5) is 10.8. The van der Waals surface area contributed by atoms with Gasteiger partial charge in [0.05, 0.1) is 11.7 Å². The molecule has 2 rings (SSSR count). The molecule has 2 N–H and O–H groups in total. The molecule has 0 saturated heterocycles. The van der Waals surface area contributed by atoms with Crippen LogP contribution in [0.4, 0.5) is 4.39 Å². The molecule has 1 fully saturated rings. The second kappa shape index (κ2) is 3.29. The number of primary amides is 1. The highest BCUT2D eigenvalue weighted by Gasteiger charge is 2.25. The summed E-state index contributed by atoms with van der Waals surface area (Å²) in [5.74, 6) is -1.32. The molecule has 0 radical (unpaired) electrons. The first-order chi connectivity index (χ1) is 6.68. The van der Waals surface area contributed by atoms with E-state index in [-0.39, 0.29) is 17.4 Å². The number of hydrogen-bond acceptors (Lipinski definition) is 2. The minimum absolute atomic E-state index is 0.104. The lowest BCUT2D eigenvalue weighted by atomic mass is 10.2. The summed E-state index contributed by atoms with van der Waals surface area (Å²) >= 11 is 0. The van der Waals surface area contributed by atoms with Crippen molar-refractivity contribution in [2.45, 2.75) is 18.9 Å². The summed E-state index contributed by atoms with van der Waals surface area (Å²) in [6.45, 7) is 0. The Kier molecular flexibility index (Phi) is 2.11. The van der Waals surface area contributed by atoms with E-state index < -0.39 is 11.7 Å². The van der Waals surface area contributed by atoms with Gasteiger partial charge in [-0.05, 0) is 25.0 Å². The lowest BCUT2D eigenvalue weighted by molar-refractivity contribution is 0.0995. The lowest BCUT2D eigenvalue weighted by Gasteiger charge is -2.06. The molecule has 14 heavy (non-hydrogen) atoms. The Morgan fingerprint density at radius 3 is 2.79 bits per heavy atom. The van der Waals surface area contributed by atoms with E-state index in [0.717, 1.165) is 12.8 Å². The molecule has 74 valence electrons. The fraction of sp³-hybridized carbons (Fsp3) is 0.300. The van der Waals surface area contributed by atoms with E-state index in [0.29, 0.717) is 0 Å². The normalized spacial score (nSPS) is 15.2. The van der Waals surface area contributed by atoms with Gasteiger partial charge in [0.1, 0.15) is 0 Å². The Balaban J connectivity index is 2.30. The van der Waals surface area contributed by atoms with Crippen LogP contribution < -0.4 is 10.5 Å². The van der Waals surface area contributed by atoms with Crippen LogP contribution >= 0.6 is 0 Å². The van der Waals surface area contributed by atoms with Gasteiger partial charge >= 0.3 is 0 Å². The van der Waals surface area contributed by atoms with E-state index in [1.807, 2.05) is 0 Å². The van der Waals surface area contributed by atoms with Crippen LogP contribution in [0.5, 0.6) is 5.75 Å². The first-order valence-electron chi connectivity index (χ1n) is 4.43. The van der Waals surface area contributed by atoms with Crippen LogP contribution in [0.25, 0.3) is 0 Å².